The van der Waals surface area contributed by atoms with Crippen molar-refractivity contribution in [3.63, 3.8) is 0 Å². The predicted octanol–water partition coefficient (Wildman–Crippen LogP) is 3.12. The Kier molecular flexibility index (Phi) is 8.78. The Bertz CT molecular complexity index is 1370. The maximum Gasteiger partial charge on any atom is 0.410 e. The number of rotatable bonds is 4. The van der Waals surface area contributed by atoms with Gasteiger partial charge in [0.05, 0.1) is 0 Å². The number of nitrogens with zero attached hydrogens (tertiary/aromatic N) is 2. The molecular formula is C31H32N4O6. The van der Waals surface area contributed by atoms with Crippen LogP contribution in [0.3, 0.4) is 0 Å². The molecule has 41 heavy (non-hydrogen) atoms. The summed E-state index contributed by atoms with van der Waals surface area (Å²) < 4.78 is 11.1. The van der Waals surface area contributed by atoms with Gasteiger partial charge in [0.1, 0.15) is 26.3 Å². The van der Waals surface area contributed by atoms with Crippen LogP contribution in [0.1, 0.15) is 22.6 Å². The third kappa shape index (κ3) is 6.84. The first-order valence-corrected chi connectivity index (χ1v) is 13.6. The van der Waals surface area contributed by atoms with Crippen LogP contribution in [-0.4, -0.2) is 79.7 Å². The van der Waals surface area contributed by atoms with Crippen molar-refractivity contribution in [1.82, 2.24) is 20.4 Å². The number of hydrogen-bond acceptors (Lipinski definition) is 6. The first-order chi connectivity index (χ1) is 20.0. The van der Waals surface area contributed by atoms with Crippen molar-refractivity contribution in [2.45, 2.75) is 12.5 Å². The topological polar surface area (TPSA) is 117 Å². The minimum absolute atomic E-state index is 0.0638. The van der Waals surface area contributed by atoms with Crippen LogP contribution in [0.15, 0.2) is 78.9 Å². The minimum atomic E-state index is -0.657. The Morgan fingerprint density at radius 2 is 1.17 bits per heavy atom. The molecule has 2 N–H and O–H groups in total. The van der Waals surface area contributed by atoms with Crippen molar-refractivity contribution < 1.29 is 28.7 Å². The lowest BCUT2D eigenvalue weighted by Crippen LogP contribution is -2.50. The van der Waals surface area contributed by atoms with Crippen LogP contribution in [0.5, 0.6) is 0 Å². The number of carbonyl (C=O) groups is 4. The second-order valence-electron chi connectivity index (χ2n) is 9.89. The number of amides is 4. The highest BCUT2D eigenvalue weighted by Crippen LogP contribution is 2.44. The van der Waals surface area contributed by atoms with Gasteiger partial charge in [-0.05, 0) is 27.8 Å². The Morgan fingerprint density at radius 3 is 1.73 bits per heavy atom. The zero-order valence-corrected chi connectivity index (χ0v) is 22.6. The number of ether oxygens (including phenoxy) is 2. The second-order valence-corrected chi connectivity index (χ2v) is 9.89. The van der Waals surface area contributed by atoms with Crippen molar-refractivity contribution in [2.75, 3.05) is 45.9 Å². The fourth-order valence-corrected chi connectivity index (χ4v) is 5.08. The highest BCUT2D eigenvalue weighted by molar-refractivity contribution is 5.84. The molecule has 3 aromatic rings. The molecule has 1 heterocycles. The standard InChI is InChI=1S/C31H32N4O6/c36-28-18-34(30(38)40-20-22-8-2-1-3-9-22)16-14-32-29(37)19-35(17-15-33-28)31(39)41-21-27-25-12-6-4-10-23(25)24-11-5-7-13-26(24)27/h1-13,27H,14-21H2,(H,32,37)(H,33,36). The normalized spacial score (nSPS) is 15.9. The SMILES string of the molecule is O=C1CN(C(=O)OCc2ccccc2)CCNC(=O)CN(C(=O)OCC2c3ccccc3-c3ccccc32)CCN1. The molecule has 0 aromatic heterocycles. The van der Waals surface area contributed by atoms with Gasteiger partial charge in [0.25, 0.3) is 0 Å². The van der Waals surface area contributed by atoms with Gasteiger partial charge in [0.15, 0.2) is 0 Å². The van der Waals surface area contributed by atoms with Gasteiger partial charge in [0.2, 0.25) is 11.8 Å². The second kappa shape index (κ2) is 13.0. The number of carbonyl (C=O) groups excluding carboxylic acids is 4. The lowest BCUT2D eigenvalue weighted by Gasteiger charge is -2.26. The van der Waals surface area contributed by atoms with Crippen LogP contribution in [-0.2, 0) is 25.7 Å². The smallest absolute Gasteiger partial charge is 0.410 e. The van der Waals surface area contributed by atoms with Crippen molar-refractivity contribution in [1.29, 1.82) is 0 Å². The van der Waals surface area contributed by atoms with Gasteiger partial charge in [0, 0.05) is 32.1 Å². The summed E-state index contributed by atoms with van der Waals surface area (Å²) in [5, 5.41) is 5.43. The Hall–Kier alpha value is -4.86. The Balaban J connectivity index is 1.17. The summed E-state index contributed by atoms with van der Waals surface area (Å²) in [7, 11) is 0. The minimum Gasteiger partial charge on any atom is -0.448 e. The molecule has 0 spiro atoms. The molecule has 10 heteroatoms. The van der Waals surface area contributed by atoms with E-state index in [0.29, 0.717) is 0 Å². The summed E-state index contributed by atoms with van der Waals surface area (Å²) in [6.45, 7) is 0.0103. The van der Waals surface area contributed by atoms with Gasteiger partial charge in [-0.25, -0.2) is 9.59 Å². The molecule has 1 fully saturated rings. The number of nitrogens with one attached hydrogen (secondary N) is 2. The summed E-state index contributed by atoms with van der Waals surface area (Å²) in [5.74, 6) is -0.913. The molecule has 4 amide bonds. The molecule has 3 aromatic carbocycles. The highest BCUT2D eigenvalue weighted by Gasteiger charge is 2.30. The van der Waals surface area contributed by atoms with Crippen LogP contribution in [0.25, 0.3) is 11.1 Å². The van der Waals surface area contributed by atoms with E-state index < -0.39 is 24.0 Å². The molecule has 1 aliphatic heterocycles. The van der Waals surface area contributed by atoms with E-state index in [-0.39, 0.29) is 58.4 Å². The average Bonchev–Trinajstić information content (AvgIpc) is 3.31. The van der Waals surface area contributed by atoms with Gasteiger partial charge in [-0.15, -0.1) is 0 Å². The van der Waals surface area contributed by atoms with Gasteiger partial charge >= 0.3 is 12.2 Å². The molecule has 0 unspecified atom stereocenters. The monoisotopic (exact) mass is 556 g/mol. The lowest BCUT2D eigenvalue weighted by molar-refractivity contribution is -0.122. The molecule has 10 nitrogen and oxygen atoms in total. The largest absolute Gasteiger partial charge is 0.448 e. The molecule has 2 aliphatic rings. The third-order valence-electron chi connectivity index (χ3n) is 7.13. The van der Waals surface area contributed by atoms with E-state index in [1.165, 1.54) is 9.80 Å². The fraction of sp³-hybridized carbons (Fsp3) is 0.290. The summed E-state index contributed by atoms with van der Waals surface area (Å²) in [4.78, 5) is 53.5. The van der Waals surface area contributed by atoms with Crippen LogP contribution >= 0.6 is 0 Å². The van der Waals surface area contributed by atoms with Gasteiger partial charge in [-0.3, -0.25) is 19.4 Å². The van der Waals surface area contributed by atoms with Gasteiger partial charge in [-0.1, -0.05) is 78.9 Å². The zero-order chi connectivity index (χ0) is 28.6. The Labute approximate surface area is 238 Å². The van der Waals surface area contributed by atoms with Gasteiger partial charge in [-0.2, -0.15) is 0 Å². The van der Waals surface area contributed by atoms with Crippen LogP contribution in [0.2, 0.25) is 0 Å². The van der Waals surface area contributed by atoms with Crippen molar-refractivity contribution >= 4 is 24.0 Å². The molecule has 212 valence electrons. The summed E-state index contributed by atoms with van der Waals surface area (Å²) in [5.41, 5.74) is 5.24. The third-order valence-corrected chi connectivity index (χ3v) is 7.13. The molecule has 0 atom stereocenters. The van der Waals surface area contributed by atoms with Crippen LogP contribution in [0, 0.1) is 0 Å². The lowest BCUT2D eigenvalue weighted by atomic mass is 9.98. The van der Waals surface area contributed by atoms with Gasteiger partial charge < -0.3 is 20.1 Å². The predicted molar refractivity (Wildman–Crippen MR) is 151 cm³/mol. The van der Waals surface area contributed by atoms with E-state index in [2.05, 4.69) is 22.8 Å². The average molecular weight is 557 g/mol. The molecule has 0 radical (unpaired) electrons. The van der Waals surface area contributed by atoms with E-state index in [0.717, 1.165) is 27.8 Å². The maximum absolute atomic E-state index is 13.1. The van der Waals surface area contributed by atoms with E-state index in [4.69, 9.17) is 9.47 Å². The molecule has 1 aliphatic carbocycles. The molecule has 0 bridgehead atoms. The quantitative estimate of drug-likeness (QED) is 0.510. The van der Waals surface area contributed by atoms with Crippen LogP contribution in [0.4, 0.5) is 9.59 Å². The first-order valence-electron chi connectivity index (χ1n) is 13.6. The molecule has 5 rings (SSSR count). The van der Waals surface area contributed by atoms with E-state index in [1.807, 2.05) is 66.7 Å². The maximum atomic E-state index is 13.1. The van der Waals surface area contributed by atoms with E-state index in [1.54, 1.807) is 0 Å². The summed E-state index contributed by atoms with van der Waals surface area (Å²) in [6.07, 6.45) is -1.30. The summed E-state index contributed by atoms with van der Waals surface area (Å²) >= 11 is 0. The van der Waals surface area contributed by atoms with Crippen molar-refractivity contribution in [2.24, 2.45) is 0 Å². The fourth-order valence-electron chi connectivity index (χ4n) is 5.08. The Morgan fingerprint density at radius 1 is 0.683 bits per heavy atom. The molecule has 0 saturated carbocycles. The number of fused-ring (bicyclic) bond motifs is 3. The number of benzene rings is 3. The number of hydrogen-bond donors (Lipinski definition) is 2. The van der Waals surface area contributed by atoms with E-state index >= 15 is 0 Å². The van der Waals surface area contributed by atoms with E-state index in [9.17, 15) is 19.2 Å². The van der Waals surface area contributed by atoms with Crippen molar-refractivity contribution in [3.8, 4) is 11.1 Å². The molecule has 1 saturated heterocycles. The first kappa shape index (κ1) is 27.7. The summed E-state index contributed by atoms with van der Waals surface area (Å²) in [6, 6.07) is 25.3. The van der Waals surface area contributed by atoms with Crippen molar-refractivity contribution in [3.05, 3.63) is 95.6 Å². The molecular weight excluding hydrogens is 524 g/mol. The zero-order valence-electron chi connectivity index (χ0n) is 22.6. The van der Waals surface area contributed by atoms with Crippen LogP contribution < -0.4 is 10.6 Å². The highest BCUT2D eigenvalue weighted by atomic mass is 16.6.